The Balaban J connectivity index is 1.05. The number of carbonyl (C=O) groups is 2. The highest BCUT2D eigenvalue weighted by molar-refractivity contribution is 6.02. The zero-order valence-electron chi connectivity index (χ0n) is 20.8. The molecule has 0 bridgehead atoms. The van der Waals surface area contributed by atoms with E-state index in [1.54, 1.807) is 0 Å². The first-order valence-electron chi connectivity index (χ1n) is 13.5. The van der Waals surface area contributed by atoms with Gasteiger partial charge in [0.15, 0.2) is 0 Å². The molecule has 2 amide bonds. The van der Waals surface area contributed by atoms with Gasteiger partial charge in [-0.2, -0.15) is 5.10 Å². The lowest BCUT2D eigenvalue weighted by Crippen LogP contribution is -2.57. The van der Waals surface area contributed by atoms with Crippen molar-refractivity contribution in [3.05, 3.63) is 29.5 Å². The maximum absolute atomic E-state index is 12.4. The molecule has 1 unspecified atom stereocenters. The minimum atomic E-state index is -0.345. The molecule has 1 atom stereocenters. The molecule has 0 radical (unpaired) electrons. The number of imide groups is 1. The summed E-state index contributed by atoms with van der Waals surface area (Å²) in [6.07, 6.45) is 5.94. The van der Waals surface area contributed by atoms with E-state index < -0.39 is 0 Å². The zero-order valence-corrected chi connectivity index (χ0v) is 20.8. The van der Waals surface area contributed by atoms with Crippen molar-refractivity contribution in [2.24, 2.45) is 13.0 Å². The van der Waals surface area contributed by atoms with Gasteiger partial charge in [-0.3, -0.25) is 24.5 Å². The summed E-state index contributed by atoms with van der Waals surface area (Å²) in [5, 5.41) is 11.7. The molecule has 35 heavy (non-hydrogen) atoms. The molecule has 0 aliphatic carbocycles. The number of hydrogen-bond donors (Lipinski definition) is 2. The van der Waals surface area contributed by atoms with Gasteiger partial charge >= 0.3 is 0 Å². The average molecular weight is 479 g/mol. The van der Waals surface area contributed by atoms with Gasteiger partial charge < -0.3 is 10.2 Å². The summed E-state index contributed by atoms with van der Waals surface area (Å²) < 4.78 is 1.90. The number of aryl methyl sites for hydroxylation is 1. The molecule has 5 heterocycles. The second-order valence-electron chi connectivity index (χ2n) is 11.2. The number of fused-ring (bicyclic) bond motifs is 1. The maximum Gasteiger partial charge on any atom is 0.235 e. The van der Waals surface area contributed by atoms with Gasteiger partial charge in [-0.1, -0.05) is 12.1 Å². The number of benzene rings is 1. The quantitative estimate of drug-likeness (QED) is 0.640. The average Bonchev–Trinajstić information content (AvgIpc) is 3.17. The Morgan fingerprint density at radius 3 is 2.54 bits per heavy atom. The molecule has 1 aromatic carbocycles. The second kappa shape index (κ2) is 9.64. The molecule has 188 valence electrons. The number of nitrogens with zero attached hydrogens (tertiary/aromatic N) is 4. The zero-order chi connectivity index (χ0) is 23.9. The van der Waals surface area contributed by atoms with Crippen LogP contribution >= 0.6 is 0 Å². The number of aromatic nitrogens is 2. The van der Waals surface area contributed by atoms with Crippen molar-refractivity contribution in [3.8, 4) is 0 Å². The van der Waals surface area contributed by atoms with Crippen molar-refractivity contribution >= 4 is 22.7 Å². The van der Waals surface area contributed by atoms with Gasteiger partial charge in [-0.25, -0.2) is 0 Å². The van der Waals surface area contributed by atoms with Crippen LogP contribution < -0.4 is 10.6 Å². The summed E-state index contributed by atoms with van der Waals surface area (Å²) in [6.45, 7) is 8.56. The maximum atomic E-state index is 12.4. The van der Waals surface area contributed by atoms with E-state index >= 15 is 0 Å². The van der Waals surface area contributed by atoms with Crippen molar-refractivity contribution in [1.82, 2.24) is 30.2 Å². The monoisotopic (exact) mass is 478 g/mol. The summed E-state index contributed by atoms with van der Waals surface area (Å²) in [5.74, 6) is 0.678. The van der Waals surface area contributed by atoms with Crippen LogP contribution in [-0.2, 0) is 16.6 Å². The molecule has 0 saturated carbocycles. The van der Waals surface area contributed by atoms with E-state index in [-0.39, 0.29) is 17.7 Å². The van der Waals surface area contributed by atoms with Crippen molar-refractivity contribution in [2.45, 2.75) is 56.4 Å². The molecule has 2 aromatic rings. The summed E-state index contributed by atoms with van der Waals surface area (Å²) in [7, 11) is 1.95. The first-order chi connectivity index (χ1) is 17.0. The predicted molar refractivity (Wildman–Crippen MR) is 135 cm³/mol. The number of likely N-dealkylation sites (tertiary alicyclic amines) is 2. The first kappa shape index (κ1) is 23.1. The van der Waals surface area contributed by atoms with E-state index in [9.17, 15) is 9.59 Å². The molecule has 4 aliphatic rings. The third kappa shape index (κ3) is 4.63. The number of amides is 2. The van der Waals surface area contributed by atoms with Crippen LogP contribution in [0.15, 0.2) is 18.2 Å². The topological polar surface area (TPSA) is 82.5 Å². The molecule has 2 N–H and O–H groups in total. The lowest BCUT2D eigenvalue weighted by molar-refractivity contribution is -0.134. The molecule has 8 heteroatoms. The van der Waals surface area contributed by atoms with Crippen molar-refractivity contribution < 1.29 is 9.59 Å². The highest BCUT2D eigenvalue weighted by Gasteiger charge is 2.35. The van der Waals surface area contributed by atoms with E-state index in [0.29, 0.717) is 18.8 Å². The Bertz CT molecular complexity index is 1090. The van der Waals surface area contributed by atoms with Crippen molar-refractivity contribution in [2.75, 3.05) is 45.8 Å². The normalized spacial score (nSPS) is 26.3. The number of hydrogen-bond acceptors (Lipinski definition) is 6. The van der Waals surface area contributed by atoms with Crippen LogP contribution in [0.1, 0.15) is 61.6 Å². The fourth-order valence-corrected chi connectivity index (χ4v) is 6.78. The van der Waals surface area contributed by atoms with Gasteiger partial charge in [0.2, 0.25) is 11.8 Å². The lowest BCUT2D eigenvalue weighted by Gasteiger charge is -2.48. The standard InChI is InChI=1S/C27H38N6O2/c1-31-24-14-20(2-3-22(24)26(30-31)23-4-5-25(34)29-27(23)35)19-8-12-32(13-9-19)15-18-16-33(17-18)21-6-10-28-11-7-21/h2-3,14,18-19,21,23,28H,4-13,15-17H2,1H3,(H,29,34,35). The van der Waals surface area contributed by atoms with E-state index in [1.165, 1.54) is 77.1 Å². The molecule has 8 nitrogen and oxygen atoms in total. The number of rotatable bonds is 5. The van der Waals surface area contributed by atoms with Gasteiger partial charge in [-0.15, -0.1) is 0 Å². The summed E-state index contributed by atoms with van der Waals surface area (Å²) in [6, 6.07) is 7.48. The molecular weight excluding hydrogens is 440 g/mol. The molecule has 1 aromatic heterocycles. The summed E-state index contributed by atoms with van der Waals surface area (Å²) >= 11 is 0. The highest BCUT2D eigenvalue weighted by Crippen LogP contribution is 2.35. The Morgan fingerprint density at radius 2 is 1.80 bits per heavy atom. The van der Waals surface area contributed by atoms with Crippen LogP contribution in [0.4, 0.5) is 0 Å². The van der Waals surface area contributed by atoms with Gasteiger partial charge in [0.25, 0.3) is 0 Å². The fraction of sp³-hybridized carbons (Fsp3) is 0.667. The number of piperidine rings is 3. The van der Waals surface area contributed by atoms with E-state index in [2.05, 4.69) is 38.6 Å². The molecule has 6 rings (SSSR count). The summed E-state index contributed by atoms with van der Waals surface area (Å²) in [4.78, 5) is 29.4. The van der Waals surface area contributed by atoms with Gasteiger partial charge in [0.1, 0.15) is 0 Å². The lowest BCUT2D eigenvalue weighted by atomic mass is 9.87. The molecular formula is C27H38N6O2. The SMILES string of the molecule is Cn1nc(C2CCC(=O)NC2=O)c2ccc(C3CCN(CC4CN(C5CCNCC5)C4)CC3)cc21. The van der Waals surface area contributed by atoms with Gasteiger partial charge in [-0.05, 0) is 81.7 Å². The van der Waals surface area contributed by atoms with Gasteiger partial charge in [0, 0.05) is 44.5 Å². The van der Waals surface area contributed by atoms with Gasteiger partial charge in [0.05, 0.1) is 17.1 Å². The molecule has 4 fully saturated rings. The van der Waals surface area contributed by atoms with Crippen LogP contribution in [0.25, 0.3) is 10.9 Å². The minimum absolute atomic E-state index is 0.184. The fourth-order valence-electron chi connectivity index (χ4n) is 6.78. The third-order valence-corrected chi connectivity index (χ3v) is 8.86. The molecule has 0 spiro atoms. The predicted octanol–water partition coefficient (Wildman–Crippen LogP) is 1.96. The minimum Gasteiger partial charge on any atom is -0.317 e. The summed E-state index contributed by atoms with van der Waals surface area (Å²) in [5.41, 5.74) is 3.26. The Morgan fingerprint density at radius 1 is 1.03 bits per heavy atom. The number of nitrogens with one attached hydrogen (secondary N) is 2. The van der Waals surface area contributed by atoms with Crippen LogP contribution in [0.3, 0.4) is 0 Å². The van der Waals surface area contributed by atoms with E-state index in [0.717, 1.165) is 28.6 Å². The van der Waals surface area contributed by atoms with Crippen molar-refractivity contribution in [3.63, 3.8) is 0 Å². The van der Waals surface area contributed by atoms with Crippen molar-refractivity contribution in [1.29, 1.82) is 0 Å². The highest BCUT2D eigenvalue weighted by atomic mass is 16.2. The molecule has 4 saturated heterocycles. The largest absolute Gasteiger partial charge is 0.317 e. The Kier molecular flexibility index (Phi) is 6.37. The second-order valence-corrected chi connectivity index (χ2v) is 11.2. The number of carbonyl (C=O) groups excluding carboxylic acids is 2. The Hall–Kier alpha value is -2.29. The van der Waals surface area contributed by atoms with E-state index in [4.69, 9.17) is 5.10 Å². The van der Waals surface area contributed by atoms with Crippen LogP contribution in [-0.4, -0.2) is 83.2 Å². The van der Waals surface area contributed by atoms with Crippen LogP contribution in [0.5, 0.6) is 0 Å². The van der Waals surface area contributed by atoms with Crippen LogP contribution in [0.2, 0.25) is 0 Å². The molecule has 4 aliphatic heterocycles. The third-order valence-electron chi connectivity index (χ3n) is 8.86. The van der Waals surface area contributed by atoms with Crippen LogP contribution in [0, 0.1) is 5.92 Å². The Labute approximate surface area is 207 Å². The van der Waals surface area contributed by atoms with E-state index in [1.807, 2.05) is 11.7 Å². The first-order valence-corrected chi connectivity index (χ1v) is 13.5. The smallest absolute Gasteiger partial charge is 0.235 e.